The monoisotopic (exact) mass is 217 g/mol. The highest BCUT2D eigenvalue weighted by Gasteiger charge is 2.09. The fraction of sp³-hybridized carbons (Fsp3) is 0.167. The molecule has 0 aromatic heterocycles. The molecule has 0 amide bonds. The van der Waals surface area contributed by atoms with Crippen LogP contribution in [0.15, 0.2) is 18.2 Å². The lowest BCUT2D eigenvalue weighted by Gasteiger charge is -2.10. The summed E-state index contributed by atoms with van der Waals surface area (Å²) in [4.78, 5) is 10.7. The van der Waals surface area contributed by atoms with E-state index < -0.39 is 0 Å². The standard InChI is InChI=1S/C12H11NO3/c1-15-11-6-9(8-14)7-12(16-2)10(11)4-3-5-13/h3-4,6-8H,1-2H3. The Morgan fingerprint density at radius 3 is 2.19 bits per heavy atom. The predicted octanol–water partition coefficient (Wildman–Crippen LogP) is 2.05. The maximum absolute atomic E-state index is 10.7. The van der Waals surface area contributed by atoms with Crippen LogP contribution in [0.5, 0.6) is 11.5 Å². The van der Waals surface area contributed by atoms with Crippen molar-refractivity contribution in [2.75, 3.05) is 14.2 Å². The topological polar surface area (TPSA) is 59.3 Å². The Balaban J connectivity index is 3.37. The molecule has 0 aliphatic carbocycles. The van der Waals surface area contributed by atoms with Crippen LogP contribution < -0.4 is 9.47 Å². The number of methoxy groups -OCH3 is 2. The van der Waals surface area contributed by atoms with Crippen LogP contribution >= 0.6 is 0 Å². The highest BCUT2D eigenvalue weighted by atomic mass is 16.5. The summed E-state index contributed by atoms with van der Waals surface area (Å²) < 4.78 is 10.3. The highest BCUT2D eigenvalue weighted by molar-refractivity contribution is 5.80. The first-order chi connectivity index (χ1) is 7.76. The SMILES string of the molecule is COc1cc(C=O)cc(OC)c1C=CC#N. The van der Waals surface area contributed by atoms with Crippen molar-refractivity contribution in [2.45, 2.75) is 0 Å². The number of rotatable bonds is 4. The summed E-state index contributed by atoms with van der Waals surface area (Å²) in [6.07, 6.45) is 3.61. The molecule has 0 spiro atoms. The van der Waals surface area contributed by atoms with E-state index in [1.54, 1.807) is 18.2 Å². The first-order valence-electron chi connectivity index (χ1n) is 4.54. The van der Waals surface area contributed by atoms with Crippen molar-refractivity contribution in [3.05, 3.63) is 29.3 Å². The highest BCUT2D eigenvalue weighted by Crippen LogP contribution is 2.31. The van der Waals surface area contributed by atoms with E-state index in [0.717, 1.165) is 0 Å². The Hall–Kier alpha value is -2.28. The Labute approximate surface area is 93.7 Å². The molecule has 0 N–H and O–H groups in total. The number of carbonyl (C=O) groups excluding carboxylic acids is 1. The van der Waals surface area contributed by atoms with Gasteiger partial charge < -0.3 is 9.47 Å². The number of benzene rings is 1. The first kappa shape index (κ1) is 11.8. The van der Waals surface area contributed by atoms with Gasteiger partial charge in [-0.2, -0.15) is 5.26 Å². The second kappa shape index (κ2) is 5.56. The van der Waals surface area contributed by atoms with Gasteiger partial charge in [0.05, 0.1) is 25.9 Å². The molecule has 0 unspecified atom stereocenters. The van der Waals surface area contributed by atoms with Gasteiger partial charge in [0.25, 0.3) is 0 Å². The van der Waals surface area contributed by atoms with Gasteiger partial charge in [-0.25, -0.2) is 0 Å². The average molecular weight is 217 g/mol. The Morgan fingerprint density at radius 2 is 1.81 bits per heavy atom. The molecule has 82 valence electrons. The van der Waals surface area contributed by atoms with Crippen LogP contribution in [0.1, 0.15) is 15.9 Å². The zero-order valence-corrected chi connectivity index (χ0v) is 9.06. The third-order valence-electron chi connectivity index (χ3n) is 2.03. The normalized spacial score (nSPS) is 9.81. The predicted molar refractivity (Wildman–Crippen MR) is 59.6 cm³/mol. The third kappa shape index (κ3) is 2.39. The van der Waals surface area contributed by atoms with Gasteiger partial charge in [-0.1, -0.05) is 0 Å². The van der Waals surface area contributed by atoms with E-state index in [0.29, 0.717) is 28.9 Å². The molecule has 0 bridgehead atoms. The first-order valence-corrected chi connectivity index (χ1v) is 4.54. The number of nitrogens with zero attached hydrogens (tertiary/aromatic N) is 1. The zero-order chi connectivity index (χ0) is 12.0. The molecule has 1 aromatic carbocycles. The van der Waals surface area contributed by atoms with Crippen molar-refractivity contribution in [1.82, 2.24) is 0 Å². The number of nitriles is 1. The molecule has 0 radical (unpaired) electrons. The number of hydrogen-bond acceptors (Lipinski definition) is 4. The van der Waals surface area contributed by atoms with E-state index in [-0.39, 0.29) is 0 Å². The van der Waals surface area contributed by atoms with Crippen molar-refractivity contribution in [3.8, 4) is 17.6 Å². The van der Waals surface area contributed by atoms with Crippen LogP contribution in [0.3, 0.4) is 0 Å². The lowest BCUT2D eigenvalue weighted by molar-refractivity contribution is 0.112. The van der Waals surface area contributed by atoms with Crippen LogP contribution in [0.4, 0.5) is 0 Å². The van der Waals surface area contributed by atoms with E-state index in [1.165, 1.54) is 20.3 Å². The van der Waals surface area contributed by atoms with Gasteiger partial charge >= 0.3 is 0 Å². The number of carbonyl (C=O) groups is 1. The maximum Gasteiger partial charge on any atom is 0.150 e. The van der Waals surface area contributed by atoms with Gasteiger partial charge in [0.15, 0.2) is 0 Å². The van der Waals surface area contributed by atoms with Gasteiger partial charge in [-0.3, -0.25) is 4.79 Å². The Bertz CT molecular complexity index is 433. The van der Waals surface area contributed by atoms with Crippen LogP contribution in [-0.4, -0.2) is 20.5 Å². The fourth-order valence-electron chi connectivity index (χ4n) is 1.31. The molecule has 4 nitrogen and oxygen atoms in total. The minimum absolute atomic E-state index is 0.461. The van der Waals surface area contributed by atoms with Crippen LogP contribution in [0.2, 0.25) is 0 Å². The van der Waals surface area contributed by atoms with Gasteiger partial charge in [0.2, 0.25) is 0 Å². The summed E-state index contributed by atoms with van der Waals surface area (Å²) in [5.41, 5.74) is 1.10. The summed E-state index contributed by atoms with van der Waals surface area (Å²) in [6.45, 7) is 0. The minimum Gasteiger partial charge on any atom is -0.496 e. The van der Waals surface area contributed by atoms with E-state index in [2.05, 4.69) is 0 Å². The average Bonchev–Trinajstić information content (AvgIpc) is 2.35. The number of ether oxygens (including phenoxy) is 2. The van der Waals surface area contributed by atoms with Crippen molar-refractivity contribution in [1.29, 1.82) is 5.26 Å². The minimum atomic E-state index is 0.461. The van der Waals surface area contributed by atoms with Crippen LogP contribution in [0, 0.1) is 11.3 Å². The summed E-state index contributed by atoms with van der Waals surface area (Å²) in [7, 11) is 2.99. The molecule has 4 heteroatoms. The molecule has 16 heavy (non-hydrogen) atoms. The van der Waals surface area contributed by atoms with Gasteiger partial charge in [0.1, 0.15) is 17.8 Å². The van der Waals surface area contributed by atoms with Gasteiger partial charge in [0, 0.05) is 11.6 Å². The number of aldehydes is 1. The van der Waals surface area contributed by atoms with Crippen molar-refractivity contribution in [2.24, 2.45) is 0 Å². The van der Waals surface area contributed by atoms with Crippen molar-refractivity contribution < 1.29 is 14.3 Å². The number of allylic oxidation sites excluding steroid dienone is 1. The molecule has 0 aliphatic rings. The largest absolute Gasteiger partial charge is 0.496 e. The molecule has 1 aromatic rings. The zero-order valence-electron chi connectivity index (χ0n) is 9.06. The fourth-order valence-corrected chi connectivity index (χ4v) is 1.31. The quantitative estimate of drug-likeness (QED) is 0.572. The maximum atomic E-state index is 10.7. The molecule has 0 atom stereocenters. The van der Waals surface area contributed by atoms with Crippen LogP contribution in [0.25, 0.3) is 6.08 Å². The summed E-state index contributed by atoms with van der Waals surface area (Å²) in [5, 5.41) is 8.48. The van der Waals surface area contributed by atoms with Gasteiger partial charge in [-0.05, 0) is 18.2 Å². The smallest absolute Gasteiger partial charge is 0.150 e. The van der Waals surface area contributed by atoms with Crippen LogP contribution in [-0.2, 0) is 0 Å². The molecule has 1 rings (SSSR count). The molecule has 0 fully saturated rings. The third-order valence-corrected chi connectivity index (χ3v) is 2.03. The van der Waals surface area contributed by atoms with E-state index >= 15 is 0 Å². The molecule has 0 saturated carbocycles. The second-order valence-corrected chi connectivity index (χ2v) is 2.92. The lowest BCUT2D eigenvalue weighted by atomic mass is 10.1. The van der Waals surface area contributed by atoms with Gasteiger partial charge in [-0.15, -0.1) is 0 Å². The molecule has 0 saturated heterocycles. The number of hydrogen-bond donors (Lipinski definition) is 0. The Morgan fingerprint density at radius 1 is 1.25 bits per heavy atom. The van der Waals surface area contributed by atoms with E-state index in [4.69, 9.17) is 14.7 Å². The van der Waals surface area contributed by atoms with E-state index in [1.807, 2.05) is 6.07 Å². The molecular formula is C12H11NO3. The molecule has 0 aliphatic heterocycles. The summed E-state index contributed by atoms with van der Waals surface area (Å²) >= 11 is 0. The van der Waals surface area contributed by atoms with Crippen molar-refractivity contribution in [3.63, 3.8) is 0 Å². The van der Waals surface area contributed by atoms with Crippen molar-refractivity contribution >= 4 is 12.4 Å². The molecule has 0 heterocycles. The second-order valence-electron chi connectivity index (χ2n) is 2.92. The molecular weight excluding hydrogens is 206 g/mol. The Kier molecular flexibility index (Phi) is 4.10. The van der Waals surface area contributed by atoms with E-state index in [9.17, 15) is 4.79 Å². The summed E-state index contributed by atoms with van der Waals surface area (Å²) in [5.74, 6) is 0.987. The summed E-state index contributed by atoms with van der Waals surface area (Å²) in [6, 6.07) is 5.07. The lowest BCUT2D eigenvalue weighted by Crippen LogP contribution is -1.95.